The van der Waals surface area contributed by atoms with E-state index in [0.717, 1.165) is 28.0 Å². The Balaban J connectivity index is 1.76. The molecule has 7 nitrogen and oxygen atoms in total. The molecule has 0 unspecified atom stereocenters. The lowest BCUT2D eigenvalue weighted by Gasteiger charge is -2.17. The molecule has 154 valence electrons. The maximum Gasteiger partial charge on any atom is 0.276 e. The molecule has 2 aromatic heterocycles. The van der Waals surface area contributed by atoms with Crippen molar-refractivity contribution in [1.29, 1.82) is 0 Å². The van der Waals surface area contributed by atoms with Gasteiger partial charge in [0.25, 0.3) is 5.91 Å². The number of benzene rings is 1. The first kappa shape index (κ1) is 21.1. The van der Waals surface area contributed by atoms with Crippen molar-refractivity contribution >= 4 is 21.8 Å². The van der Waals surface area contributed by atoms with Crippen LogP contribution in [-0.2, 0) is 19.7 Å². The number of hydrogen-bond donors (Lipinski definition) is 0. The van der Waals surface area contributed by atoms with Gasteiger partial charge in [0.1, 0.15) is 18.1 Å². The van der Waals surface area contributed by atoms with Crippen molar-refractivity contribution in [1.82, 2.24) is 19.8 Å². The Morgan fingerprint density at radius 3 is 2.72 bits per heavy atom. The fourth-order valence-corrected chi connectivity index (χ4v) is 3.40. The molecule has 0 N–H and O–H groups in total. The summed E-state index contributed by atoms with van der Waals surface area (Å²) < 4.78 is 13.9. The van der Waals surface area contributed by atoms with Crippen LogP contribution in [0, 0.1) is 20.8 Å². The van der Waals surface area contributed by atoms with Crippen LogP contribution in [0.3, 0.4) is 0 Å². The number of rotatable bonds is 7. The van der Waals surface area contributed by atoms with E-state index in [1.807, 2.05) is 36.7 Å². The van der Waals surface area contributed by atoms with Crippen molar-refractivity contribution in [2.45, 2.75) is 47.4 Å². The monoisotopic (exact) mass is 460 g/mol. The largest absolute Gasteiger partial charge is 0.489 e. The summed E-state index contributed by atoms with van der Waals surface area (Å²) in [5.74, 6) is 1.10. The number of nitrogens with zero attached hydrogens (tertiary/aromatic N) is 4. The van der Waals surface area contributed by atoms with Gasteiger partial charge >= 0.3 is 0 Å². The van der Waals surface area contributed by atoms with Gasteiger partial charge in [0, 0.05) is 13.6 Å². The van der Waals surface area contributed by atoms with Gasteiger partial charge in [-0.25, -0.2) is 0 Å². The van der Waals surface area contributed by atoms with E-state index in [-0.39, 0.29) is 18.2 Å². The summed E-state index contributed by atoms with van der Waals surface area (Å²) >= 11 is 3.50. The van der Waals surface area contributed by atoms with E-state index in [0.29, 0.717) is 17.9 Å². The van der Waals surface area contributed by atoms with Crippen molar-refractivity contribution in [2.24, 2.45) is 0 Å². The van der Waals surface area contributed by atoms with Crippen LogP contribution in [-0.4, -0.2) is 32.8 Å². The molecule has 8 heteroatoms. The Morgan fingerprint density at radius 1 is 1.28 bits per heavy atom. The van der Waals surface area contributed by atoms with Gasteiger partial charge < -0.3 is 14.2 Å². The number of amides is 1. The normalized spacial score (nSPS) is 11.0. The van der Waals surface area contributed by atoms with Crippen LogP contribution >= 0.6 is 15.9 Å². The maximum absolute atomic E-state index is 13.0. The zero-order valence-electron chi connectivity index (χ0n) is 17.3. The lowest BCUT2D eigenvalue weighted by atomic mass is 10.1. The molecule has 0 aliphatic rings. The lowest BCUT2D eigenvalue weighted by molar-refractivity contribution is 0.0768. The topological polar surface area (TPSA) is 73.4 Å². The van der Waals surface area contributed by atoms with E-state index >= 15 is 0 Å². The number of hydrogen-bond acceptors (Lipinski definition) is 5. The van der Waals surface area contributed by atoms with Crippen molar-refractivity contribution in [3.63, 3.8) is 0 Å². The van der Waals surface area contributed by atoms with E-state index in [9.17, 15) is 4.79 Å². The summed E-state index contributed by atoms with van der Waals surface area (Å²) in [5.41, 5.74) is 4.21. The van der Waals surface area contributed by atoms with Crippen LogP contribution in [0.15, 0.2) is 33.4 Å². The van der Waals surface area contributed by atoms with Gasteiger partial charge in [0.15, 0.2) is 5.69 Å². The first-order valence-electron chi connectivity index (χ1n) is 9.42. The number of carbonyl (C=O) groups excluding carboxylic acids is 1. The predicted octanol–water partition coefficient (Wildman–Crippen LogP) is 4.43. The summed E-state index contributed by atoms with van der Waals surface area (Å²) in [4.78, 5) is 14.6. The number of ether oxygens (including phenoxy) is 1. The average molecular weight is 461 g/mol. The first-order valence-corrected chi connectivity index (χ1v) is 10.2. The van der Waals surface area contributed by atoms with E-state index in [1.165, 1.54) is 5.56 Å². The zero-order valence-corrected chi connectivity index (χ0v) is 18.9. The highest BCUT2D eigenvalue weighted by Gasteiger charge is 2.24. The van der Waals surface area contributed by atoms with Crippen LogP contribution in [0.4, 0.5) is 0 Å². The fraction of sp³-hybridized carbons (Fsp3) is 0.381. The van der Waals surface area contributed by atoms with E-state index < -0.39 is 0 Å². The molecule has 0 spiro atoms. The van der Waals surface area contributed by atoms with Gasteiger partial charge in [-0.15, -0.1) is 0 Å². The maximum atomic E-state index is 13.0. The van der Waals surface area contributed by atoms with Crippen LogP contribution in [0.2, 0.25) is 0 Å². The summed E-state index contributed by atoms with van der Waals surface area (Å²) in [6.07, 6.45) is 1.74. The average Bonchev–Trinajstić information content (AvgIpc) is 3.24. The smallest absolute Gasteiger partial charge is 0.276 e. The number of halogens is 1. The summed E-state index contributed by atoms with van der Waals surface area (Å²) in [6.45, 7) is 9.22. The molecule has 0 aliphatic heterocycles. The lowest BCUT2D eigenvalue weighted by Crippen LogP contribution is -2.29. The van der Waals surface area contributed by atoms with Gasteiger partial charge in [-0.2, -0.15) is 5.10 Å². The molecule has 3 rings (SSSR count). The van der Waals surface area contributed by atoms with E-state index in [1.54, 1.807) is 25.1 Å². The predicted molar refractivity (Wildman–Crippen MR) is 113 cm³/mol. The third kappa shape index (κ3) is 4.53. The van der Waals surface area contributed by atoms with Gasteiger partial charge in [-0.05, 0) is 66.9 Å². The molecule has 0 saturated heterocycles. The highest BCUT2D eigenvalue weighted by Crippen LogP contribution is 2.23. The van der Waals surface area contributed by atoms with Gasteiger partial charge in [0.05, 0.1) is 28.5 Å². The molecule has 2 heterocycles. The molecule has 0 aliphatic carbocycles. The minimum atomic E-state index is -0.226. The summed E-state index contributed by atoms with van der Waals surface area (Å²) in [6, 6.07) is 5.91. The molecule has 3 aromatic rings. The molecule has 0 fully saturated rings. The second-order valence-electron chi connectivity index (χ2n) is 7.02. The van der Waals surface area contributed by atoms with Crippen LogP contribution in [0.5, 0.6) is 5.75 Å². The molecule has 29 heavy (non-hydrogen) atoms. The molecule has 1 aromatic carbocycles. The Labute approximate surface area is 178 Å². The fourth-order valence-electron chi connectivity index (χ4n) is 2.98. The highest BCUT2D eigenvalue weighted by atomic mass is 79.9. The number of carbonyl (C=O) groups is 1. The van der Waals surface area contributed by atoms with Crippen LogP contribution in [0.25, 0.3) is 0 Å². The van der Waals surface area contributed by atoms with Gasteiger partial charge in [-0.1, -0.05) is 11.2 Å². The van der Waals surface area contributed by atoms with Crippen LogP contribution < -0.4 is 4.74 Å². The van der Waals surface area contributed by atoms with Crippen molar-refractivity contribution < 1.29 is 14.1 Å². The minimum Gasteiger partial charge on any atom is -0.489 e. The zero-order chi connectivity index (χ0) is 21.1. The molecule has 0 atom stereocenters. The quantitative estimate of drug-likeness (QED) is 0.521. The second-order valence-corrected chi connectivity index (χ2v) is 7.87. The molecule has 0 bridgehead atoms. The summed E-state index contributed by atoms with van der Waals surface area (Å²) in [7, 11) is 1.74. The van der Waals surface area contributed by atoms with E-state index in [4.69, 9.17) is 9.26 Å². The molecule has 0 radical (unpaired) electrons. The van der Waals surface area contributed by atoms with Gasteiger partial charge in [-0.3, -0.25) is 9.48 Å². The number of aromatic nitrogens is 3. The highest BCUT2D eigenvalue weighted by molar-refractivity contribution is 9.10. The molecule has 1 amide bonds. The van der Waals surface area contributed by atoms with Gasteiger partial charge in [0.2, 0.25) is 0 Å². The Kier molecular flexibility index (Phi) is 6.42. The molecule has 0 saturated carbocycles. The first-order chi connectivity index (χ1) is 13.8. The molecular formula is C21H25BrN4O3. The standard InChI is InChI=1S/C21H25BrN4O3/c1-6-26-19(18(22)10-23-26)11-25(5)21(27)20-17(15(4)29-24-20)12-28-16-8-7-13(2)14(3)9-16/h7-10H,6,11-12H2,1-5H3. The Hall–Kier alpha value is -2.61. The SMILES string of the molecule is CCn1ncc(Br)c1CN(C)C(=O)c1noc(C)c1COc1ccc(C)c(C)c1. The van der Waals surface area contributed by atoms with Crippen LogP contribution in [0.1, 0.15) is 45.6 Å². The Morgan fingerprint density at radius 2 is 2.03 bits per heavy atom. The van der Waals surface area contributed by atoms with Crippen molar-refractivity contribution in [3.8, 4) is 5.75 Å². The molecular weight excluding hydrogens is 436 g/mol. The van der Waals surface area contributed by atoms with E-state index in [2.05, 4.69) is 33.1 Å². The van der Waals surface area contributed by atoms with Crippen molar-refractivity contribution in [2.75, 3.05) is 7.05 Å². The minimum absolute atomic E-state index is 0.212. The third-order valence-electron chi connectivity index (χ3n) is 4.98. The van der Waals surface area contributed by atoms with Crippen molar-refractivity contribution in [3.05, 3.63) is 62.7 Å². The second kappa shape index (κ2) is 8.82. The number of aryl methyl sites for hydroxylation is 4. The summed E-state index contributed by atoms with van der Waals surface area (Å²) in [5, 5.41) is 8.29. The Bertz CT molecular complexity index is 1030. The third-order valence-corrected chi connectivity index (χ3v) is 5.64.